The lowest BCUT2D eigenvalue weighted by molar-refractivity contribution is 0.301. The normalized spacial score (nSPS) is 12.4. The molecule has 0 bridgehead atoms. The third-order valence-corrected chi connectivity index (χ3v) is 4.42. The van der Waals surface area contributed by atoms with E-state index in [-0.39, 0.29) is 12.6 Å². The monoisotopic (exact) mass is 354 g/mol. The van der Waals surface area contributed by atoms with Gasteiger partial charge in [0.2, 0.25) is 5.95 Å². The number of nitrogens with zero attached hydrogens (tertiary/aromatic N) is 5. The molecule has 1 unspecified atom stereocenters. The van der Waals surface area contributed by atoms with Crippen LogP contribution in [0.3, 0.4) is 0 Å². The van der Waals surface area contributed by atoms with Crippen LogP contribution in [-0.2, 0) is 6.54 Å². The Morgan fingerprint density at radius 2 is 2.08 bits per heavy atom. The van der Waals surface area contributed by atoms with E-state index in [9.17, 15) is 5.11 Å². The van der Waals surface area contributed by atoms with Crippen molar-refractivity contribution in [1.82, 2.24) is 24.8 Å². The maximum absolute atomic E-state index is 9.38. The Bertz CT molecular complexity index is 819. The topological polar surface area (TPSA) is 79.1 Å². The minimum Gasteiger partial charge on any atom is -0.395 e. The first kappa shape index (κ1) is 18.3. The number of rotatable bonds is 9. The summed E-state index contributed by atoms with van der Waals surface area (Å²) in [5.41, 5.74) is 2.85. The Balaban J connectivity index is 1.82. The Hall–Kier alpha value is -2.51. The van der Waals surface area contributed by atoms with Crippen LogP contribution >= 0.6 is 0 Å². The number of aromatic nitrogens is 4. The number of anilines is 1. The van der Waals surface area contributed by atoms with E-state index in [1.54, 1.807) is 12.5 Å². The van der Waals surface area contributed by atoms with Gasteiger partial charge >= 0.3 is 0 Å². The zero-order chi connectivity index (χ0) is 18.4. The third-order valence-electron chi connectivity index (χ3n) is 4.42. The molecule has 0 aliphatic heterocycles. The number of aliphatic hydroxyl groups excluding tert-OH is 1. The van der Waals surface area contributed by atoms with Crippen molar-refractivity contribution in [3.05, 3.63) is 48.4 Å². The molecule has 0 radical (unpaired) electrons. The van der Waals surface area contributed by atoms with Gasteiger partial charge in [0.1, 0.15) is 11.8 Å². The summed E-state index contributed by atoms with van der Waals surface area (Å²) >= 11 is 0. The molecule has 1 atom stereocenters. The molecule has 0 saturated heterocycles. The first-order valence-corrected chi connectivity index (χ1v) is 9.03. The van der Waals surface area contributed by atoms with Crippen molar-refractivity contribution in [1.29, 1.82) is 0 Å². The summed E-state index contributed by atoms with van der Waals surface area (Å²) in [5, 5.41) is 12.9. The summed E-state index contributed by atoms with van der Waals surface area (Å²) in [6.07, 6.45) is 3.29. The van der Waals surface area contributed by atoms with Crippen molar-refractivity contribution in [3.8, 4) is 0 Å². The maximum atomic E-state index is 9.38. The van der Waals surface area contributed by atoms with E-state index in [4.69, 9.17) is 4.98 Å². The van der Waals surface area contributed by atoms with Crippen LogP contribution < -0.4 is 10.2 Å². The number of hydrogen-bond donors (Lipinski definition) is 2. The fraction of sp³-hybridized carbons (Fsp3) is 0.421. The molecule has 0 spiro atoms. The molecular weight excluding hydrogens is 328 g/mol. The number of nitrogens with one attached hydrogen (secondary N) is 1. The van der Waals surface area contributed by atoms with E-state index in [2.05, 4.69) is 50.7 Å². The van der Waals surface area contributed by atoms with Gasteiger partial charge in [-0.2, -0.15) is 0 Å². The largest absolute Gasteiger partial charge is 0.395 e. The summed E-state index contributed by atoms with van der Waals surface area (Å²) in [4.78, 5) is 15.3. The van der Waals surface area contributed by atoms with Gasteiger partial charge in [0.25, 0.3) is 0 Å². The second-order valence-corrected chi connectivity index (χ2v) is 6.28. The van der Waals surface area contributed by atoms with E-state index < -0.39 is 0 Å². The molecule has 0 saturated carbocycles. The van der Waals surface area contributed by atoms with E-state index in [1.807, 2.05) is 18.2 Å². The average Bonchev–Trinajstić information content (AvgIpc) is 3.06. The summed E-state index contributed by atoms with van der Waals surface area (Å²) < 4.78 is 2.13. The Kier molecular flexibility index (Phi) is 6.14. The molecular formula is C19H26N6O. The van der Waals surface area contributed by atoms with Crippen LogP contribution in [0.2, 0.25) is 0 Å². The lowest BCUT2D eigenvalue weighted by Gasteiger charge is -2.25. The molecule has 2 N–H and O–H groups in total. The van der Waals surface area contributed by atoms with Crippen molar-refractivity contribution in [2.75, 3.05) is 31.1 Å². The fourth-order valence-corrected chi connectivity index (χ4v) is 3.10. The highest BCUT2D eigenvalue weighted by atomic mass is 16.3. The van der Waals surface area contributed by atoms with Gasteiger partial charge in [-0.15, -0.1) is 0 Å². The Morgan fingerprint density at radius 1 is 1.27 bits per heavy atom. The van der Waals surface area contributed by atoms with E-state index in [0.717, 1.165) is 36.7 Å². The van der Waals surface area contributed by atoms with Crippen molar-refractivity contribution in [3.63, 3.8) is 0 Å². The summed E-state index contributed by atoms with van der Waals surface area (Å²) in [6, 6.07) is 10.5. The van der Waals surface area contributed by atoms with Crippen LogP contribution in [0.5, 0.6) is 0 Å². The average molecular weight is 354 g/mol. The van der Waals surface area contributed by atoms with Crippen LogP contribution in [0, 0.1) is 0 Å². The zero-order valence-electron chi connectivity index (χ0n) is 15.3. The van der Waals surface area contributed by atoms with E-state index in [1.165, 1.54) is 5.56 Å². The second kappa shape index (κ2) is 8.73. The van der Waals surface area contributed by atoms with Crippen molar-refractivity contribution >= 4 is 17.1 Å². The van der Waals surface area contributed by atoms with Gasteiger partial charge in [-0.1, -0.05) is 30.3 Å². The molecule has 3 rings (SSSR count). The highest BCUT2D eigenvalue weighted by Crippen LogP contribution is 2.25. The van der Waals surface area contributed by atoms with Gasteiger partial charge in [0, 0.05) is 32.2 Å². The SMILES string of the molecule is CCN(CCO)c1nc2cncnc2n1C(C)CNCc1ccccc1. The fourth-order valence-electron chi connectivity index (χ4n) is 3.10. The van der Waals surface area contributed by atoms with Gasteiger partial charge in [-0.3, -0.25) is 4.57 Å². The van der Waals surface area contributed by atoms with Gasteiger partial charge in [0.15, 0.2) is 5.65 Å². The smallest absolute Gasteiger partial charge is 0.208 e. The molecule has 7 nitrogen and oxygen atoms in total. The number of fused-ring (bicyclic) bond motifs is 1. The quantitative estimate of drug-likeness (QED) is 0.612. The minimum atomic E-state index is 0.0867. The second-order valence-electron chi connectivity index (χ2n) is 6.28. The van der Waals surface area contributed by atoms with Crippen molar-refractivity contribution in [2.45, 2.75) is 26.4 Å². The molecule has 3 aromatic rings. The maximum Gasteiger partial charge on any atom is 0.208 e. The number of aliphatic hydroxyl groups is 1. The summed E-state index contributed by atoms with van der Waals surface area (Å²) in [6.45, 7) is 7.20. The number of likely N-dealkylation sites (N-methyl/N-ethyl adjacent to an activating group) is 1. The number of imidazole rings is 1. The molecule has 2 aromatic heterocycles. The molecule has 2 heterocycles. The van der Waals surface area contributed by atoms with Crippen LogP contribution in [0.25, 0.3) is 11.2 Å². The number of hydrogen-bond acceptors (Lipinski definition) is 6. The first-order valence-electron chi connectivity index (χ1n) is 9.03. The third kappa shape index (κ3) is 4.00. The minimum absolute atomic E-state index is 0.0867. The molecule has 26 heavy (non-hydrogen) atoms. The number of benzene rings is 1. The van der Waals surface area contributed by atoms with Crippen LogP contribution in [-0.4, -0.2) is 50.9 Å². The molecule has 0 aliphatic carbocycles. The van der Waals surface area contributed by atoms with Crippen molar-refractivity contribution < 1.29 is 5.11 Å². The highest BCUT2D eigenvalue weighted by Gasteiger charge is 2.20. The molecule has 138 valence electrons. The zero-order valence-corrected chi connectivity index (χ0v) is 15.3. The van der Waals surface area contributed by atoms with Gasteiger partial charge in [-0.25, -0.2) is 15.0 Å². The molecule has 0 amide bonds. The summed E-state index contributed by atoms with van der Waals surface area (Å²) in [5.74, 6) is 0.825. The van der Waals surface area contributed by atoms with Crippen LogP contribution in [0.1, 0.15) is 25.5 Å². The lowest BCUT2D eigenvalue weighted by atomic mass is 10.2. The van der Waals surface area contributed by atoms with E-state index >= 15 is 0 Å². The standard InChI is InChI=1S/C19H26N6O/c1-3-24(9-10-26)19-23-17-13-21-14-22-18(17)25(19)15(2)11-20-12-16-7-5-4-6-8-16/h4-8,13-15,20,26H,3,9-12H2,1-2H3. The van der Waals surface area contributed by atoms with Gasteiger partial charge < -0.3 is 15.3 Å². The molecule has 0 aliphatic rings. The lowest BCUT2D eigenvalue weighted by Crippen LogP contribution is -2.31. The van der Waals surface area contributed by atoms with E-state index in [0.29, 0.717) is 6.54 Å². The molecule has 1 aromatic carbocycles. The molecule has 7 heteroatoms. The predicted molar refractivity (Wildman–Crippen MR) is 103 cm³/mol. The van der Waals surface area contributed by atoms with Gasteiger partial charge in [-0.05, 0) is 19.4 Å². The molecule has 0 fully saturated rings. The highest BCUT2D eigenvalue weighted by molar-refractivity contribution is 5.74. The first-order chi connectivity index (χ1) is 12.7. The van der Waals surface area contributed by atoms with Gasteiger partial charge in [0.05, 0.1) is 12.8 Å². The summed E-state index contributed by atoms with van der Waals surface area (Å²) in [7, 11) is 0. The predicted octanol–water partition coefficient (Wildman–Crippen LogP) is 2.00. The van der Waals surface area contributed by atoms with Crippen LogP contribution in [0.4, 0.5) is 5.95 Å². The van der Waals surface area contributed by atoms with Crippen LogP contribution in [0.15, 0.2) is 42.9 Å². The van der Waals surface area contributed by atoms with Crippen molar-refractivity contribution in [2.24, 2.45) is 0 Å². The Morgan fingerprint density at radius 3 is 2.81 bits per heavy atom. The Labute approximate surface area is 153 Å².